The van der Waals surface area contributed by atoms with Crippen LogP contribution in [0.25, 0.3) is 0 Å². The minimum absolute atomic E-state index is 0.222. The second-order valence-corrected chi connectivity index (χ2v) is 4.65. The lowest BCUT2D eigenvalue weighted by atomic mass is 9.93. The molecule has 0 atom stereocenters. The maximum absolute atomic E-state index is 12.3. The van der Waals surface area contributed by atoms with Crippen LogP contribution in [0.5, 0.6) is 0 Å². The molecule has 1 heterocycles. The maximum Gasteiger partial charge on any atom is 0.158 e. The fraction of sp³-hybridized carbons (Fsp3) is 0.571. The van der Waals surface area contributed by atoms with Crippen molar-refractivity contribution in [2.45, 2.75) is 39.7 Å². The number of hydrogen-bond donors (Lipinski definition) is 0. The lowest BCUT2D eigenvalue weighted by Gasteiger charge is -2.35. The van der Waals surface area contributed by atoms with Gasteiger partial charge in [0.25, 0.3) is 0 Å². The standard InChI is InChI=1S/C14H22N2O/c1-5-16(6-2)14(3,4)13(17)11-12-9-7-8-10-15-12/h7-10H,5-6,11H2,1-4H3. The molecule has 0 fully saturated rings. The third-order valence-electron chi connectivity index (χ3n) is 3.30. The highest BCUT2D eigenvalue weighted by molar-refractivity contribution is 5.89. The summed E-state index contributed by atoms with van der Waals surface area (Å²) in [6.07, 6.45) is 2.14. The van der Waals surface area contributed by atoms with Crippen LogP contribution in [0.1, 0.15) is 33.4 Å². The number of aromatic nitrogens is 1. The van der Waals surface area contributed by atoms with Crippen molar-refractivity contribution < 1.29 is 4.79 Å². The van der Waals surface area contributed by atoms with E-state index in [1.165, 1.54) is 0 Å². The van der Waals surface area contributed by atoms with Gasteiger partial charge in [-0.25, -0.2) is 0 Å². The zero-order chi connectivity index (χ0) is 12.9. The fourth-order valence-electron chi connectivity index (χ4n) is 2.07. The van der Waals surface area contributed by atoms with Gasteiger partial charge in [-0.05, 0) is 39.1 Å². The van der Waals surface area contributed by atoms with Gasteiger partial charge in [-0.15, -0.1) is 0 Å². The molecule has 0 aliphatic rings. The summed E-state index contributed by atoms with van der Waals surface area (Å²) in [6, 6.07) is 5.68. The van der Waals surface area contributed by atoms with Crippen LogP contribution >= 0.6 is 0 Å². The summed E-state index contributed by atoms with van der Waals surface area (Å²) in [5.74, 6) is 0.222. The molecule has 0 unspecified atom stereocenters. The van der Waals surface area contributed by atoms with Gasteiger partial charge in [0, 0.05) is 11.9 Å². The molecule has 3 nitrogen and oxygen atoms in total. The van der Waals surface area contributed by atoms with Gasteiger partial charge in [-0.1, -0.05) is 19.9 Å². The number of nitrogens with zero attached hydrogens (tertiary/aromatic N) is 2. The van der Waals surface area contributed by atoms with E-state index in [0.29, 0.717) is 6.42 Å². The van der Waals surface area contributed by atoms with Gasteiger partial charge in [0.15, 0.2) is 5.78 Å². The van der Waals surface area contributed by atoms with Crippen LogP contribution in [0, 0.1) is 0 Å². The zero-order valence-electron chi connectivity index (χ0n) is 11.2. The van der Waals surface area contributed by atoms with Crippen molar-refractivity contribution in [2.24, 2.45) is 0 Å². The number of carbonyl (C=O) groups is 1. The van der Waals surface area contributed by atoms with Crippen LogP contribution in [0.3, 0.4) is 0 Å². The van der Waals surface area contributed by atoms with E-state index in [1.807, 2.05) is 32.0 Å². The summed E-state index contributed by atoms with van der Waals surface area (Å²) < 4.78 is 0. The van der Waals surface area contributed by atoms with Crippen LogP contribution in [-0.2, 0) is 11.2 Å². The Morgan fingerprint density at radius 3 is 2.41 bits per heavy atom. The monoisotopic (exact) mass is 234 g/mol. The Kier molecular flexibility index (Phi) is 4.82. The van der Waals surface area contributed by atoms with Crippen molar-refractivity contribution in [3.8, 4) is 0 Å². The second-order valence-electron chi connectivity index (χ2n) is 4.65. The number of hydrogen-bond acceptors (Lipinski definition) is 3. The highest BCUT2D eigenvalue weighted by Crippen LogP contribution is 2.17. The molecule has 1 aromatic heterocycles. The lowest BCUT2D eigenvalue weighted by Crippen LogP contribution is -2.50. The molecule has 0 aromatic carbocycles. The Morgan fingerprint density at radius 2 is 1.94 bits per heavy atom. The van der Waals surface area contributed by atoms with E-state index < -0.39 is 5.54 Å². The molecule has 94 valence electrons. The highest BCUT2D eigenvalue weighted by atomic mass is 16.1. The number of carbonyl (C=O) groups excluding carboxylic acids is 1. The molecule has 0 radical (unpaired) electrons. The Bertz CT molecular complexity index is 356. The summed E-state index contributed by atoms with van der Waals surface area (Å²) in [7, 11) is 0. The van der Waals surface area contributed by atoms with Crippen LogP contribution in [0.15, 0.2) is 24.4 Å². The van der Waals surface area contributed by atoms with Gasteiger partial charge >= 0.3 is 0 Å². The molecule has 0 saturated heterocycles. The van der Waals surface area contributed by atoms with Crippen LogP contribution in [-0.4, -0.2) is 34.3 Å². The van der Waals surface area contributed by atoms with Crippen molar-refractivity contribution in [3.63, 3.8) is 0 Å². The quantitative estimate of drug-likeness (QED) is 0.757. The van der Waals surface area contributed by atoms with E-state index in [-0.39, 0.29) is 5.78 Å². The predicted octanol–water partition coefficient (Wildman–Crippen LogP) is 2.31. The molecule has 17 heavy (non-hydrogen) atoms. The first-order chi connectivity index (χ1) is 8.02. The van der Waals surface area contributed by atoms with Crippen molar-refractivity contribution in [3.05, 3.63) is 30.1 Å². The lowest BCUT2D eigenvalue weighted by molar-refractivity contribution is -0.128. The summed E-state index contributed by atoms with van der Waals surface area (Å²) in [6.45, 7) is 9.92. The highest BCUT2D eigenvalue weighted by Gasteiger charge is 2.32. The summed E-state index contributed by atoms with van der Waals surface area (Å²) in [5, 5.41) is 0. The summed E-state index contributed by atoms with van der Waals surface area (Å²) >= 11 is 0. The Balaban J connectivity index is 2.76. The van der Waals surface area contributed by atoms with E-state index in [9.17, 15) is 4.79 Å². The first-order valence-corrected chi connectivity index (χ1v) is 6.20. The van der Waals surface area contributed by atoms with Crippen LogP contribution in [0.4, 0.5) is 0 Å². The largest absolute Gasteiger partial charge is 0.297 e. The van der Waals surface area contributed by atoms with E-state index in [2.05, 4.69) is 23.7 Å². The minimum Gasteiger partial charge on any atom is -0.297 e. The van der Waals surface area contributed by atoms with Gasteiger partial charge in [-0.3, -0.25) is 14.7 Å². The number of pyridine rings is 1. The molecule has 0 bridgehead atoms. The van der Waals surface area contributed by atoms with Crippen molar-refractivity contribution >= 4 is 5.78 Å². The van der Waals surface area contributed by atoms with E-state index in [4.69, 9.17) is 0 Å². The molecule has 1 rings (SSSR count). The van der Waals surface area contributed by atoms with Crippen molar-refractivity contribution in [1.82, 2.24) is 9.88 Å². The Labute approximate surface area is 104 Å². The molecule has 0 aliphatic carbocycles. The van der Waals surface area contributed by atoms with Gasteiger partial charge in [0.1, 0.15) is 0 Å². The molecule has 0 saturated carbocycles. The molecule has 1 aromatic rings. The summed E-state index contributed by atoms with van der Waals surface area (Å²) in [4.78, 5) is 18.7. The maximum atomic E-state index is 12.3. The van der Waals surface area contributed by atoms with Gasteiger partial charge in [-0.2, -0.15) is 0 Å². The molecule has 0 spiro atoms. The molecule has 0 amide bonds. The number of Topliss-reactive ketones (excluding diaryl/α,β-unsaturated/α-hetero) is 1. The van der Waals surface area contributed by atoms with Gasteiger partial charge < -0.3 is 0 Å². The zero-order valence-corrected chi connectivity index (χ0v) is 11.2. The van der Waals surface area contributed by atoms with Gasteiger partial charge in [0.2, 0.25) is 0 Å². The third-order valence-corrected chi connectivity index (χ3v) is 3.30. The fourth-order valence-corrected chi connectivity index (χ4v) is 2.07. The van der Waals surface area contributed by atoms with Crippen LogP contribution < -0.4 is 0 Å². The smallest absolute Gasteiger partial charge is 0.158 e. The first kappa shape index (κ1) is 13.8. The van der Waals surface area contributed by atoms with Crippen molar-refractivity contribution in [1.29, 1.82) is 0 Å². The SMILES string of the molecule is CCN(CC)C(C)(C)C(=O)Cc1ccccn1. The topological polar surface area (TPSA) is 33.2 Å². The molecular weight excluding hydrogens is 212 g/mol. The van der Waals surface area contributed by atoms with Gasteiger partial charge in [0.05, 0.1) is 12.0 Å². The minimum atomic E-state index is -0.416. The van der Waals surface area contributed by atoms with Crippen molar-refractivity contribution in [2.75, 3.05) is 13.1 Å². The number of likely N-dealkylation sites (N-methyl/N-ethyl adjacent to an activating group) is 1. The normalized spacial score (nSPS) is 11.8. The Hall–Kier alpha value is -1.22. The molecular formula is C14H22N2O. The number of rotatable bonds is 6. The van der Waals surface area contributed by atoms with E-state index in [1.54, 1.807) is 6.20 Å². The average Bonchev–Trinajstić information content (AvgIpc) is 2.31. The number of ketones is 1. The van der Waals surface area contributed by atoms with E-state index >= 15 is 0 Å². The average molecular weight is 234 g/mol. The molecule has 0 aliphatic heterocycles. The molecule has 3 heteroatoms. The third kappa shape index (κ3) is 3.37. The molecule has 0 N–H and O–H groups in total. The first-order valence-electron chi connectivity index (χ1n) is 6.20. The summed E-state index contributed by atoms with van der Waals surface area (Å²) in [5.41, 5.74) is 0.429. The Morgan fingerprint density at radius 1 is 1.29 bits per heavy atom. The van der Waals surface area contributed by atoms with Crippen LogP contribution in [0.2, 0.25) is 0 Å². The van der Waals surface area contributed by atoms with E-state index in [0.717, 1.165) is 18.8 Å². The predicted molar refractivity (Wildman–Crippen MR) is 69.9 cm³/mol. The second kappa shape index (κ2) is 5.92.